The van der Waals surface area contributed by atoms with Gasteiger partial charge in [0.05, 0.1) is 37.6 Å². The Morgan fingerprint density at radius 3 is 2.97 bits per heavy atom. The number of aryl methyl sites for hydroxylation is 1. The van der Waals surface area contributed by atoms with Crippen LogP contribution in [0, 0.1) is 6.92 Å². The maximum Gasteiger partial charge on any atom is 0.267 e. The normalized spacial score (nSPS) is 18.4. The van der Waals surface area contributed by atoms with E-state index >= 15 is 0 Å². The van der Waals surface area contributed by atoms with E-state index in [2.05, 4.69) is 25.4 Å². The van der Waals surface area contributed by atoms with Crippen molar-refractivity contribution < 1.29 is 9.47 Å². The average molecular weight is 418 g/mol. The van der Waals surface area contributed by atoms with Gasteiger partial charge in [-0.3, -0.25) is 4.79 Å². The van der Waals surface area contributed by atoms with Crippen LogP contribution in [0.1, 0.15) is 11.7 Å². The Kier molecular flexibility index (Phi) is 4.87. The molecule has 2 N–H and O–H groups in total. The minimum Gasteiger partial charge on any atom is -0.497 e. The molecule has 1 aliphatic heterocycles. The monoisotopic (exact) mass is 418 g/mol. The predicted octanol–water partition coefficient (Wildman–Crippen LogP) is 2.55. The Morgan fingerprint density at radius 2 is 2.10 bits per heavy atom. The zero-order valence-corrected chi connectivity index (χ0v) is 17.2. The molecule has 4 aromatic rings. The average Bonchev–Trinajstić information content (AvgIpc) is 3.40. The maximum absolute atomic E-state index is 12.7. The molecular formula is C22H22N6O3. The van der Waals surface area contributed by atoms with Gasteiger partial charge in [-0.05, 0) is 31.2 Å². The van der Waals surface area contributed by atoms with Gasteiger partial charge in [-0.15, -0.1) is 0 Å². The molecule has 1 aliphatic rings. The van der Waals surface area contributed by atoms with Gasteiger partial charge >= 0.3 is 0 Å². The highest BCUT2D eigenvalue weighted by molar-refractivity contribution is 5.86. The SMILES string of the molecule is COc1cccc(-c2ccc(=O)n(C3COCC3Nc3ncnc4cc(C)[nH]c34)n2)c1. The fraction of sp³-hybridized carbons (Fsp3) is 0.273. The molecule has 158 valence electrons. The summed E-state index contributed by atoms with van der Waals surface area (Å²) in [5.41, 5.74) is 4.04. The highest BCUT2D eigenvalue weighted by Gasteiger charge is 2.32. The molecule has 1 saturated heterocycles. The first kappa shape index (κ1) is 19.3. The number of aromatic amines is 1. The van der Waals surface area contributed by atoms with Gasteiger partial charge < -0.3 is 19.8 Å². The summed E-state index contributed by atoms with van der Waals surface area (Å²) in [7, 11) is 1.62. The molecule has 2 unspecified atom stereocenters. The third-order valence-corrected chi connectivity index (χ3v) is 5.43. The maximum atomic E-state index is 12.7. The Labute approximate surface area is 178 Å². The molecule has 1 aromatic carbocycles. The van der Waals surface area contributed by atoms with Crippen molar-refractivity contribution in [1.29, 1.82) is 0 Å². The highest BCUT2D eigenvalue weighted by atomic mass is 16.5. The van der Waals surface area contributed by atoms with E-state index in [9.17, 15) is 4.79 Å². The molecule has 0 spiro atoms. The predicted molar refractivity (Wildman–Crippen MR) is 116 cm³/mol. The van der Waals surface area contributed by atoms with Crippen molar-refractivity contribution in [3.63, 3.8) is 0 Å². The molecule has 31 heavy (non-hydrogen) atoms. The topological polar surface area (TPSA) is 107 Å². The number of nitrogens with one attached hydrogen (secondary N) is 2. The molecule has 9 nitrogen and oxygen atoms in total. The van der Waals surface area contributed by atoms with Crippen molar-refractivity contribution in [2.75, 3.05) is 25.6 Å². The van der Waals surface area contributed by atoms with E-state index in [0.717, 1.165) is 28.0 Å². The minimum absolute atomic E-state index is 0.174. The molecule has 0 bridgehead atoms. The highest BCUT2D eigenvalue weighted by Crippen LogP contribution is 2.26. The molecule has 0 amide bonds. The fourth-order valence-corrected chi connectivity index (χ4v) is 3.88. The number of fused-ring (bicyclic) bond motifs is 1. The number of H-pyrrole nitrogens is 1. The lowest BCUT2D eigenvalue weighted by atomic mass is 10.1. The van der Waals surface area contributed by atoms with Crippen LogP contribution in [0.3, 0.4) is 0 Å². The van der Waals surface area contributed by atoms with Gasteiger partial charge in [0.25, 0.3) is 5.56 Å². The smallest absolute Gasteiger partial charge is 0.267 e. The number of methoxy groups -OCH3 is 1. The van der Waals surface area contributed by atoms with E-state index in [1.807, 2.05) is 37.3 Å². The summed E-state index contributed by atoms with van der Waals surface area (Å²) in [4.78, 5) is 24.7. The second kappa shape index (κ2) is 7.84. The third-order valence-electron chi connectivity index (χ3n) is 5.43. The fourth-order valence-electron chi connectivity index (χ4n) is 3.88. The van der Waals surface area contributed by atoms with Gasteiger partial charge in [-0.1, -0.05) is 12.1 Å². The Bertz CT molecular complexity index is 1300. The first-order chi connectivity index (χ1) is 15.1. The number of rotatable bonds is 5. The van der Waals surface area contributed by atoms with Crippen LogP contribution < -0.4 is 15.6 Å². The second-order valence-corrected chi connectivity index (χ2v) is 7.52. The molecule has 0 radical (unpaired) electrons. The summed E-state index contributed by atoms with van der Waals surface area (Å²) in [5.74, 6) is 1.41. The number of aromatic nitrogens is 5. The Morgan fingerprint density at radius 1 is 1.19 bits per heavy atom. The summed E-state index contributed by atoms with van der Waals surface area (Å²) >= 11 is 0. The van der Waals surface area contributed by atoms with E-state index < -0.39 is 0 Å². The minimum atomic E-state index is -0.279. The van der Waals surface area contributed by atoms with Crippen LogP contribution in [0.4, 0.5) is 5.82 Å². The van der Waals surface area contributed by atoms with Crippen molar-refractivity contribution in [3.8, 4) is 17.0 Å². The summed E-state index contributed by atoms with van der Waals surface area (Å²) in [6.45, 7) is 2.79. The number of benzene rings is 1. The van der Waals surface area contributed by atoms with E-state index in [4.69, 9.17) is 9.47 Å². The largest absolute Gasteiger partial charge is 0.497 e. The van der Waals surface area contributed by atoms with Crippen LogP contribution in [0.2, 0.25) is 0 Å². The third kappa shape index (κ3) is 3.64. The zero-order chi connectivity index (χ0) is 21.4. The van der Waals surface area contributed by atoms with Crippen molar-refractivity contribution in [3.05, 3.63) is 64.8 Å². The van der Waals surface area contributed by atoms with E-state index in [-0.39, 0.29) is 17.6 Å². The number of anilines is 1. The van der Waals surface area contributed by atoms with Crippen molar-refractivity contribution >= 4 is 16.9 Å². The van der Waals surface area contributed by atoms with Crippen LogP contribution in [-0.4, -0.2) is 51.1 Å². The van der Waals surface area contributed by atoms with E-state index in [1.54, 1.807) is 13.2 Å². The van der Waals surface area contributed by atoms with Gasteiger partial charge in [-0.2, -0.15) is 5.10 Å². The quantitative estimate of drug-likeness (QED) is 0.513. The van der Waals surface area contributed by atoms with Crippen molar-refractivity contribution in [2.45, 2.75) is 19.0 Å². The molecule has 4 heterocycles. The van der Waals surface area contributed by atoms with E-state index in [1.165, 1.54) is 17.1 Å². The van der Waals surface area contributed by atoms with Crippen molar-refractivity contribution in [1.82, 2.24) is 24.7 Å². The van der Waals surface area contributed by atoms with Crippen molar-refractivity contribution in [2.24, 2.45) is 0 Å². The second-order valence-electron chi connectivity index (χ2n) is 7.52. The molecule has 2 atom stereocenters. The van der Waals surface area contributed by atoms with Gasteiger partial charge in [0.15, 0.2) is 5.82 Å². The lowest BCUT2D eigenvalue weighted by Crippen LogP contribution is -2.37. The summed E-state index contributed by atoms with van der Waals surface area (Å²) in [5, 5.41) is 8.07. The van der Waals surface area contributed by atoms with Gasteiger partial charge in [-0.25, -0.2) is 14.6 Å². The first-order valence-corrected chi connectivity index (χ1v) is 10.0. The standard InChI is InChI=1S/C22H22N6O3/c1-13-8-17-21(25-13)22(24-12-23-17)26-18-10-31-11-19(18)28-20(29)7-6-16(27-28)14-4-3-5-15(9-14)30-2/h3-9,12,18-19,25H,10-11H2,1-2H3,(H,23,24,26). The lowest BCUT2D eigenvalue weighted by Gasteiger charge is -2.21. The molecule has 9 heteroatoms. The number of hydrogen-bond acceptors (Lipinski definition) is 7. The van der Waals surface area contributed by atoms with Gasteiger partial charge in [0.2, 0.25) is 0 Å². The molecule has 0 saturated carbocycles. The Balaban J connectivity index is 1.48. The molecule has 1 fully saturated rings. The number of ether oxygens (including phenoxy) is 2. The first-order valence-electron chi connectivity index (χ1n) is 10.0. The van der Waals surface area contributed by atoms with E-state index in [0.29, 0.717) is 24.7 Å². The summed E-state index contributed by atoms with van der Waals surface area (Å²) in [6, 6.07) is 12.4. The number of nitrogens with zero attached hydrogens (tertiary/aromatic N) is 4. The number of hydrogen-bond donors (Lipinski definition) is 2. The van der Waals surface area contributed by atoms with Gasteiger partial charge in [0, 0.05) is 17.3 Å². The van der Waals surface area contributed by atoms with Crippen LogP contribution in [0.15, 0.2) is 53.6 Å². The molecule has 3 aromatic heterocycles. The van der Waals surface area contributed by atoms with Crippen LogP contribution in [0.25, 0.3) is 22.3 Å². The van der Waals surface area contributed by atoms with Gasteiger partial charge in [0.1, 0.15) is 23.6 Å². The lowest BCUT2D eigenvalue weighted by molar-refractivity contribution is 0.183. The van der Waals surface area contributed by atoms with Crippen LogP contribution in [0.5, 0.6) is 5.75 Å². The molecular weight excluding hydrogens is 396 g/mol. The Hall–Kier alpha value is -3.72. The summed E-state index contributed by atoms with van der Waals surface area (Å²) in [6.07, 6.45) is 1.52. The molecule has 5 rings (SSSR count). The summed E-state index contributed by atoms with van der Waals surface area (Å²) < 4.78 is 12.5. The zero-order valence-electron chi connectivity index (χ0n) is 17.2. The molecule has 0 aliphatic carbocycles. The van der Waals surface area contributed by atoms with Crippen LogP contribution >= 0.6 is 0 Å². The van der Waals surface area contributed by atoms with Crippen LogP contribution in [-0.2, 0) is 4.74 Å².